The van der Waals surface area contributed by atoms with Crippen molar-refractivity contribution in [2.75, 3.05) is 6.54 Å². The smallest absolute Gasteiger partial charge is 0.243 e. The summed E-state index contributed by atoms with van der Waals surface area (Å²) < 4.78 is 26.0. The average molecular weight is 320 g/mol. The van der Waals surface area contributed by atoms with E-state index in [-0.39, 0.29) is 16.7 Å². The summed E-state index contributed by atoms with van der Waals surface area (Å²) in [6.45, 7) is -0.123. The van der Waals surface area contributed by atoms with Gasteiger partial charge in [0.2, 0.25) is 15.3 Å². The summed E-state index contributed by atoms with van der Waals surface area (Å²) in [6, 6.07) is 1.73. The topological polar surface area (TPSA) is 92.2 Å². The molecule has 0 fully saturated rings. The Morgan fingerprint density at radius 2 is 2.11 bits per heavy atom. The van der Waals surface area contributed by atoms with Crippen molar-refractivity contribution in [1.29, 1.82) is 0 Å². The number of aliphatic hydroxyl groups is 1. The summed E-state index contributed by atoms with van der Waals surface area (Å²) >= 11 is 6.91. The minimum Gasteiger partial charge on any atom is -0.387 e. The molecular weight excluding hydrogens is 310 g/mol. The van der Waals surface area contributed by atoms with Gasteiger partial charge in [-0.2, -0.15) is 11.3 Å². The number of rotatable bonds is 5. The molecule has 0 aliphatic rings. The Kier molecular flexibility index (Phi) is 4.48. The number of hydrogen-bond acceptors (Lipinski definition) is 6. The predicted molar refractivity (Wildman–Crippen MR) is 71.5 cm³/mol. The second-order valence-corrected chi connectivity index (χ2v) is 6.50. The van der Waals surface area contributed by atoms with Gasteiger partial charge in [-0.3, -0.25) is 0 Å². The number of aliphatic hydroxyl groups excluding tert-OH is 1. The second kappa shape index (κ2) is 5.93. The highest BCUT2D eigenvalue weighted by atomic mass is 35.5. The van der Waals surface area contributed by atoms with Gasteiger partial charge in [0.15, 0.2) is 0 Å². The van der Waals surface area contributed by atoms with Crippen molar-refractivity contribution in [2.24, 2.45) is 0 Å². The molecule has 6 nitrogen and oxygen atoms in total. The Bertz CT molecular complexity index is 629. The van der Waals surface area contributed by atoms with Crippen LogP contribution in [0, 0.1) is 0 Å². The van der Waals surface area contributed by atoms with Crippen LogP contribution in [0.5, 0.6) is 0 Å². The van der Waals surface area contributed by atoms with Gasteiger partial charge in [-0.05, 0) is 34.0 Å². The Balaban J connectivity index is 2.04. The predicted octanol–water partition coefficient (Wildman–Crippen LogP) is 1.20. The van der Waals surface area contributed by atoms with Crippen LogP contribution in [0.15, 0.2) is 34.1 Å². The fourth-order valence-electron chi connectivity index (χ4n) is 1.29. The van der Waals surface area contributed by atoms with Gasteiger partial charge in [-0.25, -0.2) is 23.1 Å². The van der Waals surface area contributed by atoms with Gasteiger partial charge in [0.25, 0.3) is 0 Å². The Morgan fingerprint density at radius 3 is 2.68 bits per heavy atom. The fraction of sp³-hybridized carbons (Fsp3) is 0.200. The molecular formula is C10H10ClN3O3S2. The van der Waals surface area contributed by atoms with Crippen LogP contribution in [0.1, 0.15) is 11.7 Å². The van der Waals surface area contributed by atoms with Crippen LogP contribution in [0.25, 0.3) is 0 Å². The standard InChI is InChI=1S/C10H10ClN3O3S2/c11-10-12-3-8(4-13-10)19(16,17)14-5-9(15)7-1-2-18-6-7/h1-4,6,9,14-15H,5H2. The van der Waals surface area contributed by atoms with Crippen molar-refractivity contribution in [3.63, 3.8) is 0 Å². The third-order valence-corrected chi connectivity index (χ3v) is 4.58. The van der Waals surface area contributed by atoms with Crippen molar-refractivity contribution in [3.05, 3.63) is 40.1 Å². The van der Waals surface area contributed by atoms with Crippen LogP contribution in [0.2, 0.25) is 5.28 Å². The zero-order valence-electron chi connectivity index (χ0n) is 9.52. The molecule has 19 heavy (non-hydrogen) atoms. The maximum absolute atomic E-state index is 11.9. The quantitative estimate of drug-likeness (QED) is 0.808. The highest BCUT2D eigenvalue weighted by Crippen LogP contribution is 2.16. The van der Waals surface area contributed by atoms with Crippen molar-refractivity contribution < 1.29 is 13.5 Å². The summed E-state index contributed by atoms with van der Waals surface area (Å²) in [6.07, 6.45) is 1.32. The monoisotopic (exact) mass is 319 g/mol. The number of nitrogens with zero attached hydrogens (tertiary/aromatic N) is 2. The lowest BCUT2D eigenvalue weighted by atomic mass is 10.2. The van der Waals surface area contributed by atoms with Gasteiger partial charge in [0.05, 0.1) is 18.5 Å². The summed E-state index contributed by atoms with van der Waals surface area (Å²) in [5, 5.41) is 13.3. The van der Waals surface area contributed by atoms with Crippen LogP contribution in [0.4, 0.5) is 0 Å². The molecule has 9 heteroatoms. The minimum atomic E-state index is -3.75. The molecule has 0 aliphatic heterocycles. The van der Waals surface area contributed by atoms with Crippen molar-refractivity contribution in [1.82, 2.24) is 14.7 Å². The van der Waals surface area contributed by atoms with Crippen LogP contribution < -0.4 is 4.72 Å². The average Bonchev–Trinajstić information content (AvgIpc) is 2.90. The lowest BCUT2D eigenvalue weighted by molar-refractivity contribution is 0.182. The fourth-order valence-corrected chi connectivity index (χ4v) is 3.03. The van der Waals surface area contributed by atoms with Crippen LogP contribution in [0.3, 0.4) is 0 Å². The van der Waals surface area contributed by atoms with E-state index in [9.17, 15) is 13.5 Å². The van der Waals surface area contributed by atoms with E-state index in [1.165, 1.54) is 11.3 Å². The number of thiophene rings is 1. The van der Waals surface area contributed by atoms with E-state index >= 15 is 0 Å². The van der Waals surface area contributed by atoms with Gasteiger partial charge in [-0.15, -0.1) is 0 Å². The van der Waals surface area contributed by atoms with Crippen molar-refractivity contribution in [2.45, 2.75) is 11.0 Å². The first-order valence-electron chi connectivity index (χ1n) is 5.16. The molecule has 2 N–H and O–H groups in total. The normalized spacial score (nSPS) is 13.4. The van der Waals surface area contributed by atoms with E-state index in [1.54, 1.807) is 16.8 Å². The summed E-state index contributed by atoms with van der Waals surface area (Å²) in [7, 11) is -3.75. The van der Waals surface area contributed by atoms with Gasteiger partial charge in [0, 0.05) is 6.54 Å². The second-order valence-electron chi connectivity index (χ2n) is 3.61. The summed E-state index contributed by atoms with van der Waals surface area (Å²) in [5.41, 5.74) is 0.667. The summed E-state index contributed by atoms with van der Waals surface area (Å²) in [4.78, 5) is 7.09. The first-order chi connectivity index (χ1) is 8.99. The van der Waals surface area contributed by atoms with Crippen LogP contribution in [-0.4, -0.2) is 30.0 Å². The molecule has 2 heterocycles. The lowest BCUT2D eigenvalue weighted by Gasteiger charge is -2.10. The molecule has 0 bridgehead atoms. The molecule has 0 amide bonds. The molecule has 2 aromatic heterocycles. The molecule has 0 aromatic carbocycles. The highest BCUT2D eigenvalue weighted by Gasteiger charge is 2.17. The summed E-state index contributed by atoms with van der Waals surface area (Å²) in [5.74, 6) is 0. The van der Waals surface area contributed by atoms with E-state index in [0.717, 1.165) is 12.4 Å². The minimum absolute atomic E-state index is 0.0303. The number of hydrogen-bond donors (Lipinski definition) is 2. The Labute approximate surface area is 119 Å². The molecule has 0 aliphatic carbocycles. The molecule has 0 spiro atoms. The first-order valence-corrected chi connectivity index (χ1v) is 7.97. The van der Waals surface area contributed by atoms with Crippen molar-refractivity contribution >= 4 is 33.0 Å². The molecule has 0 saturated carbocycles. The molecule has 2 aromatic rings. The molecule has 1 unspecified atom stereocenters. The number of aromatic nitrogens is 2. The van der Waals surface area contributed by atoms with Gasteiger partial charge in [0.1, 0.15) is 4.90 Å². The molecule has 0 radical (unpaired) electrons. The van der Waals surface area contributed by atoms with E-state index in [0.29, 0.717) is 5.56 Å². The van der Waals surface area contributed by atoms with Crippen LogP contribution in [-0.2, 0) is 10.0 Å². The number of halogens is 1. The molecule has 0 saturated heterocycles. The SMILES string of the molecule is O=S(=O)(NCC(O)c1ccsc1)c1cnc(Cl)nc1. The van der Waals surface area contributed by atoms with Gasteiger partial charge >= 0.3 is 0 Å². The van der Waals surface area contributed by atoms with Crippen molar-refractivity contribution in [3.8, 4) is 0 Å². The number of nitrogens with one attached hydrogen (secondary N) is 1. The highest BCUT2D eigenvalue weighted by molar-refractivity contribution is 7.89. The zero-order valence-corrected chi connectivity index (χ0v) is 11.9. The van der Waals surface area contributed by atoms with Crippen LogP contribution >= 0.6 is 22.9 Å². The van der Waals surface area contributed by atoms with Gasteiger partial charge in [-0.1, -0.05) is 0 Å². The van der Waals surface area contributed by atoms with E-state index in [2.05, 4.69) is 14.7 Å². The lowest BCUT2D eigenvalue weighted by Crippen LogP contribution is -2.28. The third kappa shape index (κ3) is 3.71. The van der Waals surface area contributed by atoms with E-state index < -0.39 is 16.1 Å². The molecule has 102 valence electrons. The maximum atomic E-state index is 11.9. The number of sulfonamides is 1. The molecule has 2 rings (SSSR count). The maximum Gasteiger partial charge on any atom is 0.243 e. The first kappa shape index (κ1) is 14.4. The van der Waals surface area contributed by atoms with Gasteiger partial charge < -0.3 is 5.11 Å². The Hall–Kier alpha value is -1.06. The molecule has 1 atom stereocenters. The van der Waals surface area contributed by atoms with E-state index in [1.807, 2.05) is 0 Å². The largest absolute Gasteiger partial charge is 0.387 e. The Morgan fingerprint density at radius 1 is 1.42 bits per heavy atom. The van der Waals surface area contributed by atoms with E-state index in [4.69, 9.17) is 11.6 Å². The third-order valence-electron chi connectivity index (χ3n) is 2.30. The zero-order chi connectivity index (χ0) is 13.9.